The molecule has 6 nitrogen and oxygen atoms in total. The predicted octanol–water partition coefficient (Wildman–Crippen LogP) is 1.04. The molecular formula is C12H14N2O4S2. The van der Waals surface area contributed by atoms with E-state index in [0.29, 0.717) is 11.3 Å². The summed E-state index contributed by atoms with van der Waals surface area (Å²) in [6.07, 6.45) is 2.01. The van der Waals surface area contributed by atoms with Crippen LogP contribution in [0.2, 0.25) is 0 Å². The molecule has 1 aromatic rings. The Kier molecular flexibility index (Phi) is 6.01. The van der Waals surface area contributed by atoms with Gasteiger partial charge in [0.25, 0.3) is 0 Å². The van der Waals surface area contributed by atoms with Crippen LogP contribution in [0.3, 0.4) is 0 Å². The van der Waals surface area contributed by atoms with Crippen LogP contribution >= 0.6 is 11.8 Å². The lowest BCUT2D eigenvalue weighted by Crippen LogP contribution is -2.41. The van der Waals surface area contributed by atoms with E-state index in [-0.39, 0.29) is 11.3 Å². The zero-order valence-corrected chi connectivity index (χ0v) is 12.4. The smallest absolute Gasteiger partial charge is 0.321 e. The van der Waals surface area contributed by atoms with Crippen LogP contribution < -0.4 is 4.72 Å². The molecule has 0 aliphatic carbocycles. The van der Waals surface area contributed by atoms with E-state index in [2.05, 4.69) is 4.72 Å². The van der Waals surface area contributed by atoms with Gasteiger partial charge in [-0.05, 0) is 42.7 Å². The second kappa shape index (κ2) is 7.28. The molecule has 108 valence electrons. The van der Waals surface area contributed by atoms with Gasteiger partial charge < -0.3 is 5.11 Å². The largest absolute Gasteiger partial charge is 0.480 e. The van der Waals surface area contributed by atoms with Gasteiger partial charge >= 0.3 is 5.97 Å². The molecule has 1 aromatic carbocycles. The quantitative estimate of drug-likeness (QED) is 0.778. The van der Waals surface area contributed by atoms with Gasteiger partial charge in [0.2, 0.25) is 10.0 Å². The fraction of sp³-hybridized carbons (Fsp3) is 0.333. The van der Waals surface area contributed by atoms with Crippen molar-refractivity contribution in [1.82, 2.24) is 4.72 Å². The van der Waals surface area contributed by atoms with Gasteiger partial charge in [0.1, 0.15) is 6.04 Å². The standard InChI is InChI=1S/C12H14N2O4S2/c1-19-7-6-11(12(15)16)14-20(17,18)10-4-2-9(8-13)3-5-10/h2-5,11,14H,6-7H2,1H3,(H,15,16)/t11-/m1/s1. The SMILES string of the molecule is CSCC[C@@H](NS(=O)(=O)c1ccc(C#N)cc1)C(=O)O. The molecule has 0 amide bonds. The summed E-state index contributed by atoms with van der Waals surface area (Å²) in [7, 11) is -3.91. The van der Waals surface area contributed by atoms with E-state index in [1.807, 2.05) is 12.3 Å². The van der Waals surface area contributed by atoms with E-state index in [1.54, 1.807) is 0 Å². The highest BCUT2D eigenvalue weighted by atomic mass is 32.2. The first-order chi connectivity index (χ1) is 9.40. The van der Waals surface area contributed by atoms with Crippen LogP contribution in [0.1, 0.15) is 12.0 Å². The highest BCUT2D eigenvalue weighted by molar-refractivity contribution is 7.98. The highest BCUT2D eigenvalue weighted by Crippen LogP contribution is 2.12. The number of aliphatic carboxylic acids is 1. The Morgan fingerprint density at radius 2 is 2.05 bits per heavy atom. The molecule has 0 fully saturated rings. The van der Waals surface area contributed by atoms with Crippen LogP contribution in [0.25, 0.3) is 0 Å². The average Bonchev–Trinajstić information content (AvgIpc) is 2.43. The minimum absolute atomic E-state index is 0.0631. The molecular weight excluding hydrogens is 300 g/mol. The number of carbonyl (C=O) groups is 1. The van der Waals surface area contributed by atoms with Gasteiger partial charge in [-0.15, -0.1) is 0 Å². The zero-order chi connectivity index (χ0) is 15.2. The van der Waals surface area contributed by atoms with Crippen molar-refractivity contribution in [2.24, 2.45) is 0 Å². The Labute approximate surface area is 121 Å². The molecule has 0 bridgehead atoms. The number of benzene rings is 1. The van der Waals surface area contributed by atoms with Crippen LogP contribution in [0.4, 0.5) is 0 Å². The zero-order valence-electron chi connectivity index (χ0n) is 10.7. The number of carboxylic acids is 1. The van der Waals surface area contributed by atoms with Crippen molar-refractivity contribution >= 4 is 27.8 Å². The third-order valence-electron chi connectivity index (χ3n) is 2.50. The number of thioether (sulfide) groups is 1. The molecule has 0 unspecified atom stereocenters. The number of nitrogens with one attached hydrogen (secondary N) is 1. The third-order valence-corrected chi connectivity index (χ3v) is 4.63. The summed E-state index contributed by atoms with van der Waals surface area (Å²) in [6, 6.07) is 6.00. The minimum Gasteiger partial charge on any atom is -0.480 e. The van der Waals surface area contributed by atoms with E-state index in [0.717, 1.165) is 0 Å². The maximum Gasteiger partial charge on any atom is 0.321 e. The van der Waals surface area contributed by atoms with Gasteiger partial charge in [0, 0.05) is 0 Å². The number of rotatable bonds is 7. The summed E-state index contributed by atoms with van der Waals surface area (Å²) in [6.45, 7) is 0. The summed E-state index contributed by atoms with van der Waals surface area (Å²) in [5, 5.41) is 17.7. The van der Waals surface area contributed by atoms with E-state index in [9.17, 15) is 13.2 Å². The molecule has 0 radical (unpaired) electrons. The average molecular weight is 314 g/mol. The number of sulfonamides is 1. The monoisotopic (exact) mass is 314 g/mol. The maximum absolute atomic E-state index is 12.0. The summed E-state index contributed by atoms with van der Waals surface area (Å²) >= 11 is 1.44. The molecule has 0 aromatic heterocycles. The second-order valence-electron chi connectivity index (χ2n) is 3.93. The van der Waals surface area contributed by atoms with Gasteiger partial charge in [-0.1, -0.05) is 0 Å². The molecule has 2 N–H and O–H groups in total. The van der Waals surface area contributed by atoms with Crippen LogP contribution in [0.15, 0.2) is 29.2 Å². The lowest BCUT2D eigenvalue weighted by atomic mass is 10.2. The number of nitriles is 1. The summed E-state index contributed by atoms with van der Waals surface area (Å²) in [5.74, 6) is -0.677. The molecule has 0 saturated heterocycles. The Bertz CT molecular complexity index is 605. The predicted molar refractivity (Wildman–Crippen MR) is 75.9 cm³/mol. The van der Waals surface area contributed by atoms with E-state index in [1.165, 1.54) is 36.0 Å². The first kappa shape index (κ1) is 16.5. The van der Waals surface area contributed by atoms with Gasteiger partial charge in [-0.25, -0.2) is 8.42 Å². The molecule has 8 heteroatoms. The summed E-state index contributed by atoms with van der Waals surface area (Å²) in [5.41, 5.74) is 0.334. The molecule has 0 aliphatic rings. The number of nitrogens with zero attached hydrogens (tertiary/aromatic N) is 1. The van der Waals surface area contributed by atoms with Crippen LogP contribution in [0.5, 0.6) is 0 Å². The van der Waals surface area contributed by atoms with Crippen molar-refractivity contribution < 1.29 is 18.3 Å². The lowest BCUT2D eigenvalue weighted by Gasteiger charge is -2.14. The minimum atomic E-state index is -3.91. The fourth-order valence-electron chi connectivity index (χ4n) is 1.43. The van der Waals surface area contributed by atoms with Crippen molar-refractivity contribution in [3.63, 3.8) is 0 Å². The molecule has 0 spiro atoms. The van der Waals surface area contributed by atoms with Gasteiger partial charge in [0.05, 0.1) is 16.5 Å². The van der Waals surface area contributed by atoms with E-state index >= 15 is 0 Å². The van der Waals surface area contributed by atoms with Gasteiger partial charge in [-0.2, -0.15) is 21.7 Å². The Balaban J connectivity index is 2.91. The summed E-state index contributed by atoms with van der Waals surface area (Å²) in [4.78, 5) is 11.0. The van der Waals surface area contributed by atoms with Crippen LogP contribution in [0, 0.1) is 11.3 Å². The van der Waals surface area contributed by atoms with E-state index in [4.69, 9.17) is 10.4 Å². The molecule has 1 atom stereocenters. The highest BCUT2D eigenvalue weighted by Gasteiger charge is 2.24. The molecule has 0 heterocycles. The van der Waals surface area contributed by atoms with Crippen molar-refractivity contribution in [3.8, 4) is 6.07 Å². The number of hydrogen-bond donors (Lipinski definition) is 2. The Hall–Kier alpha value is -1.56. The normalized spacial score (nSPS) is 12.6. The molecule has 1 rings (SSSR count). The van der Waals surface area contributed by atoms with Crippen molar-refractivity contribution in [1.29, 1.82) is 5.26 Å². The van der Waals surface area contributed by atoms with E-state index < -0.39 is 22.0 Å². The first-order valence-electron chi connectivity index (χ1n) is 5.65. The van der Waals surface area contributed by atoms with Crippen molar-refractivity contribution in [2.45, 2.75) is 17.4 Å². The third kappa shape index (κ3) is 4.52. The number of hydrogen-bond acceptors (Lipinski definition) is 5. The van der Waals surface area contributed by atoms with Crippen LogP contribution in [-0.2, 0) is 14.8 Å². The first-order valence-corrected chi connectivity index (χ1v) is 8.52. The van der Waals surface area contributed by atoms with Crippen molar-refractivity contribution in [3.05, 3.63) is 29.8 Å². The maximum atomic E-state index is 12.0. The molecule has 0 aliphatic heterocycles. The topological polar surface area (TPSA) is 107 Å². The molecule has 0 saturated carbocycles. The second-order valence-corrected chi connectivity index (χ2v) is 6.63. The Morgan fingerprint density at radius 3 is 2.50 bits per heavy atom. The summed E-state index contributed by atoms with van der Waals surface area (Å²) < 4.78 is 26.2. The molecule has 20 heavy (non-hydrogen) atoms. The number of carboxylic acid groups (broad SMARTS) is 1. The van der Waals surface area contributed by atoms with Crippen LogP contribution in [-0.4, -0.2) is 37.5 Å². The fourth-order valence-corrected chi connectivity index (χ4v) is 3.13. The Morgan fingerprint density at radius 1 is 1.45 bits per heavy atom. The van der Waals surface area contributed by atoms with Crippen molar-refractivity contribution in [2.75, 3.05) is 12.0 Å². The lowest BCUT2D eigenvalue weighted by molar-refractivity contribution is -0.139. The van der Waals surface area contributed by atoms with Gasteiger partial charge in [0.15, 0.2) is 0 Å². The van der Waals surface area contributed by atoms with Gasteiger partial charge in [-0.3, -0.25) is 4.79 Å².